The van der Waals surface area contributed by atoms with Crippen LogP contribution in [0.4, 0.5) is 0 Å². The van der Waals surface area contributed by atoms with Crippen molar-refractivity contribution in [3.8, 4) is 0 Å². The smallest absolute Gasteiger partial charge is 0.230 e. The fraction of sp³-hybridized carbons (Fsp3) is 0.467. The van der Waals surface area contributed by atoms with Gasteiger partial charge in [-0.25, -0.2) is 4.98 Å². The number of fused-ring (bicyclic) bond motifs is 1. The van der Waals surface area contributed by atoms with Gasteiger partial charge in [0, 0.05) is 12.1 Å². The Bertz CT molecular complexity index is 587. The summed E-state index contributed by atoms with van der Waals surface area (Å²) in [6.45, 7) is 0. The van der Waals surface area contributed by atoms with Crippen molar-refractivity contribution in [2.75, 3.05) is 5.75 Å². The Labute approximate surface area is 132 Å². The zero-order chi connectivity index (χ0) is 14.7. The number of hydrogen-bond donors (Lipinski definition) is 2. The number of benzene rings is 1. The summed E-state index contributed by atoms with van der Waals surface area (Å²) in [7, 11) is 0. The van der Waals surface area contributed by atoms with Crippen molar-refractivity contribution in [1.82, 2.24) is 10.3 Å². The second-order valence-corrected chi connectivity index (χ2v) is 7.67. The average molecular weight is 321 g/mol. The highest BCUT2D eigenvalue weighted by molar-refractivity contribution is 8.01. The summed E-state index contributed by atoms with van der Waals surface area (Å²) in [4.78, 5) is 16.5. The SMILES string of the molecule is NC1CCC(NC(=O)CSc2nc3ccccc3s2)CC1. The first kappa shape index (κ1) is 14.8. The number of hydrogen-bond acceptors (Lipinski definition) is 5. The van der Waals surface area contributed by atoms with Crippen LogP contribution in [0.15, 0.2) is 28.6 Å². The zero-order valence-electron chi connectivity index (χ0n) is 11.7. The number of amides is 1. The van der Waals surface area contributed by atoms with Gasteiger partial charge >= 0.3 is 0 Å². The first-order chi connectivity index (χ1) is 10.2. The maximum absolute atomic E-state index is 12.0. The number of carbonyl (C=O) groups is 1. The zero-order valence-corrected chi connectivity index (χ0v) is 13.4. The van der Waals surface area contributed by atoms with Crippen LogP contribution in [0.2, 0.25) is 0 Å². The number of thiazole rings is 1. The lowest BCUT2D eigenvalue weighted by atomic mass is 9.92. The van der Waals surface area contributed by atoms with Gasteiger partial charge in [-0.05, 0) is 37.8 Å². The molecule has 0 saturated heterocycles. The van der Waals surface area contributed by atoms with Crippen LogP contribution in [0.25, 0.3) is 10.2 Å². The number of rotatable bonds is 4. The standard InChI is InChI=1S/C15H19N3OS2/c16-10-5-7-11(8-6-10)17-14(19)9-20-15-18-12-3-1-2-4-13(12)21-15/h1-4,10-11H,5-9,16H2,(H,17,19). The molecule has 21 heavy (non-hydrogen) atoms. The second-order valence-electron chi connectivity index (χ2n) is 5.42. The van der Waals surface area contributed by atoms with Crippen molar-refractivity contribution >= 4 is 39.2 Å². The minimum atomic E-state index is 0.0970. The Morgan fingerprint density at radius 2 is 2.10 bits per heavy atom. The van der Waals surface area contributed by atoms with Crippen molar-refractivity contribution in [1.29, 1.82) is 0 Å². The summed E-state index contributed by atoms with van der Waals surface area (Å²) in [6.07, 6.45) is 4.02. The van der Waals surface area contributed by atoms with Gasteiger partial charge in [-0.1, -0.05) is 23.9 Å². The predicted molar refractivity (Wildman–Crippen MR) is 88.7 cm³/mol. The number of nitrogens with one attached hydrogen (secondary N) is 1. The van der Waals surface area contributed by atoms with Gasteiger partial charge in [0.15, 0.2) is 4.34 Å². The van der Waals surface area contributed by atoms with E-state index in [4.69, 9.17) is 5.73 Å². The maximum Gasteiger partial charge on any atom is 0.230 e. The lowest BCUT2D eigenvalue weighted by Gasteiger charge is -2.26. The molecule has 1 aliphatic rings. The van der Waals surface area contributed by atoms with Crippen LogP contribution in [0.1, 0.15) is 25.7 Å². The van der Waals surface area contributed by atoms with Crippen molar-refractivity contribution in [3.05, 3.63) is 24.3 Å². The van der Waals surface area contributed by atoms with Gasteiger partial charge in [0.1, 0.15) is 0 Å². The largest absolute Gasteiger partial charge is 0.353 e. The Morgan fingerprint density at radius 1 is 1.33 bits per heavy atom. The number of carbonyl (C=O) groups excluding carboxylic acids is 1. The van der Waals surface area contributed by atoms with E-state index < -0.39 is 0 Å². The molecule has 1 fully saturated rings. The third kappa shape index (κ3) is 3.96. The Morgan fingerprint density at radius 3 is 2.86 bits per heavy atom. The number of aromatic nitrogens is 1. The molecule has 3 rings (SSSR count). The second kappa shape index (κ2) is 6.77. The van der Waals surface area contributed by atoms with E-state index in [0.29, 0.717) is 17.8 Å². The van der Waals surface area contributed by atoms with Crippen LogP contribution in [0.5, 0.6) is 0 Å². The number of nitrogens with two attached hydrogens (primary N) is 1. The molecule has 2 aromatic rings. The van der Waals surface area contributed by atoms with Gasteiger partial charge in [0.25, 0.3) is 0 Å². The van der Waals surface area contributed by atoms with Gasteiger partial charge in [-0.2, -0.15) is 0 Å². The van der Waals surface area contributed by atoms with Crippen LogP contribution >= 0.6 is 23.1 Å². The first-order valence-electron chi connectivity index (χ1n) is 7.24. The van der Waals surface area contributed by atoms with E-state index in [1.807, 2.05) is 18.2 Å². The monoisotopic (exact) mass is 321 g/mol. The normalized spacial score (nSPS) is 22.3. The van der Waals surface area contributed by atoms with Crippen molar-refractivity contribution in [3.63, 3.8) is 0 Å². The molecule has 3 N–H and O–H groups in total. The van der Waals surface area contributed by atoms with Gasteiger partial charge in [-0.15, -0.1) is 11.3 Å². The average Bonchev–Trinajstić information content (AvgIpc) is 2.90. The molecule has 0 atom stereocenters. The fourth-order valence-electron chi connectivity index (χ4n) is 2.57. The highest BCUT2D eigenvalue weighted by Gasteiger charge is 2.20. The summed E-state index contributed by atoms with van der Waals surface area (Å²) < 4.78 is 2.12. The van der Waals surface area contributed by atoms with Crippen molar-refractivity contribution in [2.24, 2.45) is 5.73 Å². The van der Waals surface area contributed by atoms with Crippen molar-refractivity contribution < 1.29 is 4.79 Å². The highest BCUT2D eigenvalue weighted by atomic mass is 32.2. The highest BCUT2D eigenvalue weighted by Crippen LogP contribution is 2.29. The summed E-state index contributed by atoms with van der Waals surface area (Å²) in [6, 6.07) is 8.67. The first-order valence-corrected chi connectivity index (χ1v) is 9.04. The molecular weight excluding hydrogens is 302 g/mol. The van der Waals surface area contributed by atoms with Gasteiger partial charge in [0.05, 0.1) is 16.0 Å². The van der Waals surface area contributed by atoms with Crippen LogP contribution in [0.3, 0.4) is 0 Å². The van der Waals surface area contributed by atoms with E-state index in [1.165, 1.54) is 16.5 Å². The summed E-state index contributed by atoms with van der Waals surface area (Å²) in [5, 5.41) is 3.10. The topological polar surface area (TPSA) is 68.0 Å². The Kier molecular flexibility index (Phi) is 4.77. The lowest BCUT2D eigenvalue weighted by Crippen LogP contribution is -2.41. The van der Waals surface area contributed by atoms with Crippen LogP contribution in [-0.4, -0.2) is 28.7 Å². The third-order valence-corrected chi connectivity index (χ3v) is 5.92. The van der Waals surface area contributed by atoms with Crippen LogP contribution in [0, 0.1) is 0 Å². The lowest BCUT2D eigenvalue weighted by molar-refractivity contribution is -0.119. The molecule has 1 saturated carbocycles. The molecule has 0 radical (unpaired) electrons. The van der Waals surface area contributed by atoms with E-state index in [0.717, 1.165) is 35.5 Å². The van der Waals surface area contributed by atoms with E-state index in [2.05, 4.69) is 16.4 Å². The number of nitrogens with zero attached hydrogens (tertiary/aromatic N) is 1. The quantitative estimate of drug-likeness (QED) is 0.850. The van der Waals surface area contributed by atoms with Gasteiger partial charge in [0.2, 0.25) is 5.91 Å². The third-order valence-electron chi connectivity index (χ3n) is 3.74. The number of para-hydroxylation sites is 1. The van der Waals surface area contributed by atoms with Crippen LogP contribution in [-0.2, 0) is 4.79 Å². The molecule has 4 nitrogen and oxygen atoms in total. The Hall–Kier alpha value is -1.11. The summed E-state index contributed by atoms with van der Waals surface area (Å²) in [5.41, 5.74) is 6.88. The molecule has 1 amide bonds. The molecule has 0 spiro atoms. The Balaban J connectivity index is 1.49. The van der Waals surface area contributed by atoms with E-state index >= 15 is 0 Å². The minimum absolute atomic E-state index is 0.0970. The molecule has 1 aromatic heterocycles. The summed E-state index contributed by atoms with van der Waals surface area (Å²) in [5.74, 6) is 0.530. The molecular formula is C15H19N3OS2. The molecule has 1 aliphatic carbocycles. The molecule has 0 bridgehead atoms. The molecule has 0 unspecified atom stereocenters. The molecule has 0 aliphatic heterocycles. The van der Waals surface area contributed by atoms with E-state index in [1.54, 1.807) is 11.3 Å². The predicted octanol–water partition coefficient (Wildman–Crippen LogP) is 2.77. The molecule has 1 heterocycles. The maximum atomic E-state index is 12.0. The molecule has 112 valence electrons. The van der Waals surface area contributed by atoms with Gasteiger partial charge < -0.3 is 11.1 Å². The fourth-order valence-corrected chi connectivity index (χ4v) is 4.45. The van der Waals surface area contributed by atoms with Crippen LogP contribution < -0.4 is 11.1 Å². The molecule has 6 heteroatoms. The molecule has 1 aromatic carbocycles. The minimum Gasteiger partial charge on any atom is -0.353 e. The number of thioether (sulfide) groups is 1. The summed E-state index contributed by atoms with van der Waals surface area (Å²) >= 11 is 3.16. The van der Waals surface area contributed by atoms with E-state index in [9.17, 15) is 4.79 Å². The van der Waals surface area contributed by atoms with E-state index in [-0.39, 0.29) is 5.91 Å². The van der Waals surface area contributed by atoms with Gasteiger partial charge in [-0.3, -0.25) is 4.79 Å². The van der Waals surface area contributed by atoms with Crippen molar-refractivity contribution in [2.45, 2.75) is 42.1 Å².